The summed E-state index contributed by atoms with van der Waals surface area (Å²) in [6.07, 6.45) is 9.40. The monoisotopic (exact) mass is 316 g/mol. The van der Waals surface area contributed by atoms with Crippen LogP contribution in [0.3, 0.4) is 0 Å². The molecule has 0 radical (unpaired) electrons. The van der Waals surface area contributed by atoms with E-state index in [1.807, 2.05) is 12.1 Å². The van der Waals surface area contributed by atoms with Crippen LogP contribution in [0.5, 0.6) is 0 Å². The summed E-state index contributed by atoms with van der Waals surface area (Å²) in [5.41, 5.74) is 1.31. The van der Waals surface area contributed by atoms with E-state index >= 15 is 0 Å². The van der Waals surface area contributed by atoms with Gasteiger partial charge >= 0.3 is 0 Å². The van der Waals surface area contributed by atoms with E-state index in [0.29, 0.717) is 23.7 Å². The van der Waals surface area contributed by atoms with Gasteiger partial charge in [-0.2, -0.15) is 0 Å². The van der Waals surface area contributed by atoms with E-state index in [1.54, 1.807) is 12.1 Å². The van der Waals surface area contributed by atoms with Crippen molar-refractivity contribution in [3.05, 3.63) is 29.8 Å². The highest BCUT2D eigenvalue weighted by Gasteiger charge is 2.16. The lowest BCUT2D eigenvalue weighted by atomic mass is 9.95. The second kappa shape index (κ2) is 9.33. The van der Waals surface area contributed by atoms with E-state index in [9.17, 15) is 9.59 Å². The predicted molar refractivity (Wildman–Crippen MR) is 93.6 cm³/mol. The highest BCUT2D eigenvalue weighted by atomic mass is 16.2. The van der Waals surface area contributed by atoms with Gasteiger partial charge in [0.1, 0.15) is 0 Å². The zero-order chi connectivity index (χ0) is 16.5. The van der Waals surface area contributed by atoms with Gasteiger partial charge in [0, 0.05) is 23.7 Å². The first-order valence-corrected chi connectivity index (χ1v) is 8.90. The average Bonchev–Trinajstić information content (AvgIpc) is 2.56. The third kappa shape index (κ3) is 6.05. The first-order chi connectivity index (χ1) is 11.2. The third-order valence-corrected chi connectivity index (χ3v) is 4.36. The van der Waals surface area contributed by atoms with E-state index in [0.717, 1.165) is 32.1 Å². The second-order valence-electron chi connectivity index (χ2n) is 6.39. The Labute approximate surface area is 139 Å². The molecule has 2 rings (SSSR count). The van der Waals surface area contributed by atoms with Gasteiger partial charge in [0.2, 0.25) is 5.91 Å². The molecular weight excluding hydrogens is 288 g/mol. The van der Waals surface area contributed by atoms with Crippen molar-refractivity contribution >= 4 is 17.5 Å². The normalized spacial score (nSPS) is 15.2. The molecule has 0 aromatic heterocycles. The molecule has 1 fully saturated rings. The average molecular weight is 316 g/mol. The van der Waals surface area contributed by atoms with Crippen molar-refractivity contribution in [3.8, 4) is 0 Å². The molecule has 4 heteroatoms. The molecule has 126 valence electrons. The summed E-state index contributed by atoms with van der Waals surface area (Å²) < 4.78 is 0. The zero-order valence-corrected chi connectivity index (χ0v) is 14.1. The molecule has 0 unspecified atom stereocenters. The second-order valence-corrected chi connectivity index (χ2v) is 6.39. The number of carbonyl (C=O) groups is 2. The molecule has 0 atom stereocenters. The molecule has 1 aliphatic rings. The number of unbranched alkanes of at least 4 members (excludes halogenated alkanes) is 2. The quantitative estimate of drug-likeness (QED) is 0.738. The molecule has 2 amide bonds. The number of anilines is 1. The number of carbonyl (C=O) groups excluding carboxylic acids is 2. The lowest BCUT2D eigenvalue weighted by Gasteiger charge is -2.22. The Hall–Kier alpha value is -1.84. The molecule has 23 heavy (non-hydrogen) atoms. The fourth-order valence-electron chi connectivity index (χ4n) is 3.01. The van der Waals surface area contributed by atoms with Crippen molar-refractivity contribution in [1.29, 1.82) is 0 Å². The Morgan fingerprint density at radius 3 is 2.65 bits per heavy atom. The molecule has 1 aromatic carbocycles. The van der Waals surface area contributed by atoms with Crippen molar-refractivity contribution in [2.75, 3.05) is 5.32 Å². The van der Waals surface area contributed by atoms with Crippen molar-refractivity contribution in [1.82, 2.24) is 5.32 Å². The number of hydrogen-bond acceptors (Lipinski definition) is 2. The van der Waals surface area contributed by atoms with Gasteiger partial charge in [-0.3, -0.25) is 9.59 Å². The van der Waals surface area contributed by atoms with E-state index in [2.05, 4.69) is 17.6 Å². The van der Waals surface area contributed by atoms with Gasteiger partial charge in [0.15, 0.2) is 0 Å². The van der Waals surface area contributed by atoms with Crippen LogP contribution in [0.4, 0.5) is 5.69 Å². The van der Waals surface area contributed by atoms with Gasteiger partial charge in [-0.15, -0.1) is 0 Å². The first kappa shape index (κ1) is 17.5. The Morgan fingerprint density at radius 1 is 1.13 bits per heavy atom. The van der Waals surface area contributed by atoms with Gasteiger partial charge in [0.05, 0.1) is 0 Å². The zero-order valence-electron chi connectivity index (χ0n) is 14.1. The SMILES string of the molecule is CCCCCC(=O)Nc1cccc(C(=O)NC2CCCCC2)c1. The van der Waals surface area contributed by atoms with Crippen LogP contribution in [-0.2, 0) is 4.79 Å². The lowest BCUT2D eigenvalue weighted by Crippen LogP contribution is -2.36. The molecule has 0 bridgehead atoms. The fourth-order valence-corrected chi connectivity index (χ4v) is 3.01. The summed E-state index contributed by atoms with van der Waals surface area (Å²) in [5.74, 6) is -0.0257. The van der Waals surface area contributed by atoms with E-state index in [4.69, 9.17) is 0 Å². The fraction of sp³-hybridized carbons (Fsp3) is 0.579. The number of rotatable bonds is 7. The van der Waals surface area contributed by atoms with Crippen LogP contribution >= 0.6 is 0 Å². The van der Waals surface area contributed by atoms with Gasteiger partial charge in [0.25, 0.3) is 5.91 Å². The summed E-state index contributed by atoms with van der Waals surface area (Å²) in [7, 11) is 0. The van der Waals surface area contributed by atoms with Gasteiger partial charge in [-0.1, -0.05) is 45.1 Å². The standard InChI is InChI=1S/C19H28N2O2/c1-2-3-5-13-18(22)20-17-12-8-9-15(14-17)19(23)21-16-10-6-4-7-11-16/h8-9,12,14,16H,2-7,10-11,13H2,1H3,(H,20,22)(H,21,23). The van der Waals surface area contributed by atoms with Gasteiger partial charge in [-0.05, 0) is 37.5 Å². The summed E-state index contributed by atoms with van der Waals surface area (Å²) in [4.78, 5) is 24.2. The lowest BCUT2D eigenvalue weighted by molar-refractivity contribution is -0.116. The molecule has 0 heterocycles. The number of hydrogen-bond donors (Lipinski definition) is 2. The van der Waals surface area contributed by atoms with Crippen LogP contribution < -0.4 is 10.6 Å². The minimum absolute atomic E-state index is 0.0169. The summed E-state index contributed by atoms with van der Waals surface area (Å²) >= 11 is 0. The predicted octanol–water partition coefficient (Wildman–Crippen LogP) is 4.27. The highest BCUT2D eigenvalue weighted by Crippen LogP contribution is 2.18. The number of amides is 2. The maximum absolute atomic E-state index is 12.3. The Balaban J connectivity index is 1.88. The van der Waals surface area contributed by atoms with Crippen LogP contribution in [0, 0.1) is 0 Å². The van der Waals surface area contributed by atoms with Crippen LogP contribution in [0.15, 0.2) is 24.3 Å². The largest absolute Gasteiger partial charge is 0.349 e. The highest BCUT2D eigenvalue weighted by molar-refractivity contribution is 5.97. The topological polar surface area (TPSA) is 58.2 Å². The summed E-state index contributed by atoms with van der Waals surface area (Å²) in [6, 6.07) is 7.50. The third-order valence-electron chi connectivity index (χ3n) is 4.36. The van der Waals surface area contributed by atoms with E-state index in [-0.39, 0.29) is 11.8 Å². The molecular formula is C19H28N2O2. The molecule has 1 saturated carbocycles. The number of nitrogens with one attached hydrogen (secondary N) is 2. The molecule has 2 N–H and O–H groups in total. The Morgan fingerprint density at radius 2 is 1.91 bits per heavy atom. The maximum atomic E-state index is 12.3. The molecule has 0 aliphatic heterocycles. The first-order valence-electron chi connectivity index (χ1n) is 8.90. The van der Waals surface area contributed by atoms with Crippen molar-refractivity contribution in [2.45, 2.75) is 70.8 Å². The van der Waals surface area contributed by atoms with E-state index < -0.39 is 0 Å². The molecule has 0 spiro atoms. The van der Waals surface area contributed by atoms with Gasteiger partial charge in [-0.25, -0.2) is 0 Å². The minimum Gasteiger partial charge on any atom is -0.349 e. The molecule has 1 aromatic rings. The van der Waals surface area contributed by atoms with Crippen LogP contribution in [-0.4, -0.2) is 17.9 Å². The van der Waals surface area contributed by atoms with E-state index in [1.165, 1.54) is 19.3 Å². The van der Waals surface area contributed by atoms with Crippen LogP contribution in [0.25, 0.3) is 0 Å². The molecule has 1 aliphatic carbocycles. The minimum atomic E-state index is -0.0426. The van der Waals surface area contributed by atoms with Crippen LogP contribution in [0.1, 0.15) is 75.1 Å². The molecule has 0 saturated heterocycles. The van der Waals surface area contributed by atoms with Gasteiger partial charge < -0.3 is 10.6 Å². The Bertz CT molecular complexity index is 522. The Kier molecular flexibility index (Phi) is 7.11. The van der Waals surface area contributed by atoms with Crippen molar-refractivity contribution in [2.24, 2.45) is 0 Å². The summed E-state index contributed by atoms with van der Waals surface area (Å²) in [6.45, 7) is 2.12. The molecule has 4 nitrogen and oxygen atoms in total. The smallest absolute Gasteiger partial charge is 0.251 e. The summed E-state index contributed by atoms with van der Waals surface area (Å²) in [5, 5.41) is 5.99. The van der Waals surface area contributed by atoms with Crippen molar-refractivity contribution in [3.63, 3.8) is 0 Å². The number of benzene rings is 1. The van der Waals surface area contributed by atoms with Crippen molar-refractivity contribution < 1.29 is 9.59 Å². The maximum Gasteiger partial charge on any atom is 0.251 e. The van der Waals surface area contributed by atoms with Crippen LogP contribution in [0.2, 0.25) is 0 Å².